The summed E-state index contributed by atoms with van der Waals surface area (Å²) in [6, 6.07) is 10.5. The zero-order chi connectivity index (χ0) is 14.9. The van der Waals surface area contributed by atoms with Crippen molar-refractivity contribution in [1.29, 1.82) is 0 Å². The molecule has 112 valence electrons. The van der Waals surface area contributed by atoms with Gasteiger partial charge in [0.2, 0.25) is 0 Å². The second-order valence-electron chi connectivity index (χ2n) is 6.80. The number of hydrogen-bond acceptors (Lipinski definition) is 3. The van der Waals surface area contributed by atoms with Crippen LogP contribution >= 0.6 is 0 Å². The van der Waals surface area contributed by atoms with Crippen LogP contribution in [-0.4, -0.2) is 36.6 Å². The third-order valence-electron chi connectivity index (χ3n) is 4.74. The van der Waals surface area contributed by atoms with E-state index in [1.165, 1.54) is 37.0 Å². The third kappa shape index (κ3) is 3.18. The normalized spacial score (nSPS) is 18.8. The Morgan fingerprint density at radius 1 is 1.24 bits per heavy atom. The van der Waals surface area contributed by atoms with Gasteiger partial charge in [-0.25, -0.2) is 0 Å². The van der Waals surface area contributed by atoms with Crippen LogP contribution in [0.3, 0.4) is 0 Å². The number of fused-ring (bicyclic) bond motifs is 1. The molecule has 1 fully saturated rings. The molecular weight excluding hydrogens is 258 g/mol. The van der Waals surface area contributed by atoms with Crippen molar-refractivity contribution in [2.24, 2.45) is 5.41 Å². The average molecular weight is 283 g/mol. The van der Waals surface area contributed by atoms with Gasteiger partial charge < -0.3 is 10.2 Å². The number of anilines is 1. The van der Waals surface area contributed by atoms with Gasteiger partial charge >= 0.3 is 0 Å². The summed E-state index contributed by atoms with van der Waals surface area (Å²) >= 11 is 0. The molecule has 1 saturated heterocycles. The van der Waals surface area contributed by atoms with Gasteiger partial charge in [-0.3, -0.25) is 4.98 Å². The quantitative estimate of drug-likeness (QED) is 0.931. The SMILES string of the molecule is Cc1cc(NCC2(C)CCN(C)CC2)c2ccccc2n1. The van der Waals surface area contributed by atoms with Crippen molar-refractivity contribution in [2.45, 2.75) is 26.7 Å². The lowest BCUT2D eigenvalue weighted by atomic mass is 9.80. The van der Waals surface area contributed by atoms with Crippen LogP contribution in [0, 0.1) is 12.3 Å². The van der Waals surface area contributed by atoms with Crippen LogP contribution in [0.1, 0.15) is 25.5 Å². The summed E-state index contributed by atoms with van der Waals surface area (Å²) in [7, 11) is 2.22. The summed E-state index contributed by atoms with van der Waals surface area (Å²) in [6.45, 7) is 7.91. The molecule has 1 aromatic carbocycles. The molecule has 3 heteroatoms. The first-order valence-corrected chi connectivity index (χ1v) is 7.85. The minimum atomic E-state index is 0.394. The fourth-order valence-corrected chi connectivity index (χ4v) is 3.10. The van der Waals surface area contributed by atoms with Gasteiger partial charge in [0, 0.05) is 23.3 Å². The first-order chi connectivity index (χ1) is 10.1. The van der Waals surface area contributed by atoms with Crippen LogP contribution in [-0.2, 0) is 0 Å². The van der Waals surface area contributed by atoms with Gasteiger partial charge in [0.25, 0.3) is 0 Å². The van der Waals surface area contributed by atoms with Crippen LogP contribution in [0.5, 0.6) is 0 Å². The van der Waals surface area contributed by atoms with Crippen molar-refractivity contribution in [1.82, 2.24) is 9.88 Å². The summed E-state index contributed by atoms with van der Waals surface area (Å²) in [6.07, 6.45) is 2.52. The lowest BCUT2D eigenvalue weighted by Gasteiger charge is -2.38. The van der Waals surface area contributed by atoms with E-state index in [0.717, 1.165) is 17.8 Å². The Bertz CT molecular complexity index is 627. The van der Waals surface area contributed by atoms with Crippen molar-refractivity contribution in [3.8, 4) is 0 Å². The fourth-order valence-electron chi connectivity index (χ4n) is 3.10. The molecule has 0 amide bonds. The van der Waals surface area contributed by atoms with Crippen LogP contribution in [0.25, 0.3) is 10.9 Å². The first kappa shape index (κ1) is 14.3. The highest BCUT2D eigenvalue weighted by Crippen LogP contribution is 2.32. The number of hydrogen-bond donors (Lipinski definition) is 1. The highest BCUT2D eigenvalue weighted by molar-refractivity contribution is 5.91. The second-order valence-corrected chi connectivity index (χ2v) is 6.80. The number of para-hydroxylation sites is 1. The molecule has 3 rings (SSSR count). The second kappa shape index (κ2) is 5.64. The molecule has 0 saturated carbocycles. The largest absolute Gasteiger partial charge is 0.384 e. The Morgan fingerprint density at radius 2 is 1.95 bits per heavy atom. The van der Waals surface area contributed by atoms with E-state index in [1.807, 2.05) is 0 Å². The summed E-state index contributed by atoms with van der Waals surface area (Å²) < 4.78 is 0. The van der Waals surface area contributed by atoms with E-state index in [1.54, 1.807) is 0 Å². The number of aromatic nitrogens is 1. The molecular formula is C18H25N3. The number of likely N-dealkylation sites (tertiary alicyclic amines) is 1. The van der Waals surface area contributed by atoms with Crippen molar-refractivity contribution >= 4 is 16.6 Å². The smallest absolute Gasteiger partial charge is 0.0725 e. The number of pyridine rings is 1. The van der Waals surface area contributed by atoms with Gasteiger partial charge in [-0.1, -0.05) is 25.1 Å². The van der Waals surface area contributed by atoms with Crippen molar-refractivity contribution < 1.29 is 0 Å². The number of nitrogens with zero attached hydrogens (tertiary/aromatic N) is 2. The van der Waals surface area contributed by atoms with E-state index in [4.69, 9.17) is 0 Å². The van der Waals surface area contributed by atoms with Crippen molar-refractivity contribution in [3.05, 3.63) is 36.0 Å². The minimum absolute atomic E-state index is 0.394. The molecule has 0 bridgehead atoms. The van der Waals surface area contributed by atoms with Gasteiger partial charge in [0.15, 0.2) is 0 Å². The fraction of sp³-hybridized carbons (Fsp3) is 0.500. The van der Waals surface area contributed by atoms with E-state index in [-0.39, 0.29) is 0 Å². The van der Waals surface area contributed by atoms with E-state index in [0.29, 0.717) is 5.41 Å². The molecule has 1 aromatic heterocycles. The Morgan fingerprint density at radius 3 is 2.71 bits per heavy atom. The van der Waals surface area contributed by atoms with E-state index in [9.17, 15) is 0 Å². The van der Waals surface area contributed by atoms with Crippen LogP contribution < -0.4 is 5.32 Å². The average Bonchev–Trinajstić information content (AvgIpc) is 2.48. The maximum atomic E-state index is 4.61. The molecule has 3 nitrogen and oxygen atoms in total. The molecule has 21 heavy (non-hydrogen) atoms. The van der Waals surface area contributed by atoms with E-state index in [2.05, 4.69) is 66.4 Å². The molecule has 0 unspecified atom stereocenters. The Kier molecular flexibility index (Phi) is 3.85. The molecule has 1 aliphatic rings. The number of aryl methyl sites for hydroxylation is 1. The van der Waals surface area contributed by atoms with Gasteiger partial charge in [-0.05, 0) is 57.5 Å². The van der Waals surface area contributed by atoms with Gasteiger partial charge in [-0.2, -0.15) is 0 Å². The maximum absolute atomic E-state index is 4.61. The highest BCUT2D eigenvalue weighted by atomic mass is 15.1. The third-order valence-corrected chi connectivity index (χ3v) is 4.74. The summed E-state index contributed by atoms with van der Waals surface area (Å²) in [5.74, 6) is 0. The molecule has 2 aromatic rings. The topological polar surface area (TPSA) is 28.2 Å². The molecule has 0 radical (unpaired) electrons. The predicted molar refractivity (Wildman–Crippen MR) is 89.8 cm³/mol. The molecule has 2 heterocycles. The monoisotopic (exact) mass is 283 g/mol. The van der Waals surface area contributed by atoms with Crippen LogP contribution in [0.4, 0.5) is 5.69 Å². The number of benzene rings is 1. The lowest BCUT2D eigenvalue weighted by molar-refractivity contribution is 0.150. The predicted octanol–water partition coefficient (Wildman–Crippen LogP) is 3.69. The van der Waals surface area contributed by atoms with Crippen LogP contribution in [0.2, 0.25) is 0 Å². The summed E-state index contributed by atoms with van der Waals surface area (Å²) in [5, 5.41) is 4.92. The van der Waals surface area contributed by atoms with E-state index < -0.39 is 0 Å². The van der Waals surface area contributed by atoms with Crippen molar-refractivity contribution in [3.63, 3.8) is 0 Å². The summed E-state index contributed by atoms with van der Waals surface area (Å²) in [4.78, 5) is 7.04. The zero-order valence-electron chi connectivity index (χ0n) is 13.3. The molecule has 1 aliphatic heterocycles. The lowest BCUT2D eigenvalue weighted by Crippen LogP contribution is -2.40. The Labute approximate surface area is 127 Å². The minimum Gasteiger partial charge on any atom is -0.384 e. The highest BCUT2D eigenvalue weighted by Gasteiger charge is 2.28. The van der Waals surface area contributed by atoms with Gasteiger partial charge in [0.05, 0.1) is 5.52 Å². The number of piperidine rings is 1. The standard InChI is InChI=1S/C18H25N3/c1-14-12-17(15-6-4-5-7-16(15)20-14)19-13-18(2)8-10-21(3)11-9-18/h4-7,12H,8-11,13H2,1-3H3,(H,19,20). The Hall–Kier alpha value is -1.61. The van der Waals surface area contributed by atoms with Crippen LogP contribution in [0.15, 0.2) is 30.3 Å². The maximum Gasteiger partial charge on any atom is 0.0725 e. The Balaban J connectivity index is 1.79. The number of nitrogens with one attached hydrogen (secondary N) is 1. The zero-order valence-corrected chi connectivity index (χ0v) is 13.3. The molecule has 1 N–H and O–H groups in total. The molecule has 0 aliphatic carbocycles. The van der Waals surface area contributed by atoms with Crippen molar-refractivity contribution in [2.75, 3.05) is 32.0 Å². The molecule has 0 atom stereocenters. The number of rotatable bonds is 3. The van der Waals surface area contributed by atoms with Gasteiger partial charge in [0.1, 0.15) is 0 Å². The molecule has 0 spiro atoms. The first-order valence-electron chi connectivity index (χ1n) is 7.85. The van der Waals surface area contributed by atoms with E-state index >= 15 is 0 Å². The van der Waals surface area contributed by atoms with Gasteiger partial charge in [-0.15, -0.1) is 0 Å². The summed E-state index contributed by atoms with van der Waals surface area (Å²) in [5.41, 5.74) is 3.77.